The Hall–Kier alpha value is -1.55. The Kier molecular flexibility index (Phi) is 5.21. The van der Waals surface area contributed by atoms with Gasteiger partial charge in [-0.25, -0.2) is 0 Å². The Balaban J connectivity index is 1.56. The summed E-state index contributed by atoms with van der Waals surface area (Å²) in [5, 5.41) is 9.09. The van der Waals surface area contributed by atoms with Crippen LogP contribution in [0.4, 0.5) is 5.69 Å². The number of piperidine rings is 2. The molecular formula is C19H28N2O2. The first-order chi connectivity index (χ1) is 11.1. The van der Waals surface area contributed by atoms with Gasteiger partial charge in [0.05, 0.1) is 5.92 Å². The summed E-state index contributed by atoms with van der Waals surface area (Å²) in [6.45, 7) is 6.52. The van der Waals surface area contributed by atoms with Crippen LogP contribution in [0.25, 0.3) is 0 Å². The molecule has 0 radical (unpaired) electrons. The van der Waals surface area contributed by atoms with Crippen molar-refractivity contribution in [1.82, 2.24) is 4.90 Å². The minimum atomic E-state index is -0.764. The van der Waals surface area contributed by atoms with Crippen LogP contribution in [0.2, 0.25) is 0 Å². The molecule has 4 heteroatoms. The van der Waals surface area contributed by atoms with Crippen LogP contribution >= 0.6 is 0 Å². The molecule has 1 unspecified atom stereocenters. The minimum absolute atomic E-state index is 0.436. The molecule has 0 bridgehead atoms. The van der Waals surface area contributed by atoms with Gasteiger partial charge in [0.1, 0.15) is 0 Å². The van der Waals surface area contributed by atoms with Crippen molar-refractivity contribution in [3.05, 3.63) is 29.8 Å². The van der Waals surface area contributed by atoms with Crippen LogP contribution in [-0.2, 0) is 4.79 Å². The summed E-state index contributed by atoms with van der Waals surface area (Å²) < 4.78 is 0. The quantitative estimate of drug-likeness (QED) is 0.925. The second kappa shape index (κ2) is 7.35. The van der Waals surface area contributed by atoms with Gasteiger partial charge >= 0.3 is 5.97 Å². The molecule has 4 nitrogen and oxygen atoms in total. The van der Waals surface area contributed by atoms with E-state index < -0.39 is 11.9 Å². The van der Waals surface area contributed by atoms with Crippen molar-refractivity contribution in [1.29, 1.82) is 0 Å². The summed E-state index contributed by atoms with van der Waals surface area (Å²) >= 11 is 0. The van der Waals surface area contributed by atoms with Gasteiger partial charge in [-0.3, -0.25) is 4.79 Å². The van der Waals surface area contributed by atoms with Crippen LogP contribution in [0, 0.1) is 0 Å². The Morgan fingerprint density at radius 2 is 1.65 bits per heavy atom. The summed E-state index contributed by atoms with van der Waals surface area (Å²) in [6, 6.07) is 8.85. The number of carboxylic acid groups (broad SMARTS) is 1. The van der Waals surface area contributed by atoms with Gasteiger partial charge in [-0.1, -0.05) is 18.6 Å². The van der Waals surface area contributed by atoms with Crippen LogP contribution in [0.3, 0.4) is 0 Å². The molecule has 126 valence electrons. The third-order valence-electron chi connectivity index (χ3n) is 5.50. The Morgan fingerprint density at radius 3 is 2.22 bits per heavy atom. The SMILES string of the molecule is CC(C(=O)O)c1ccc(N2CCC(N3CCCCC3)CC2)cc1. The number of carbonyl (C=O) groups is 1. The van der Waals surface area contributed by atoms with E-state index in [2.05, 4.69) is 21.9 Å². The number of hydrogen-bond donors (Lipinski definition) is 1. The van der Waals surface area contributed by atoms with Crippen LogP contribution in [0.5, 0.6) is 0 Å². The standard InChI is InChI=1S/C19H28N2O2/c1-15(19(22)23)16-5-7-17(8-6-16)21-13-9-18(10-14-21)20-11-3-2-4-12-20/h5-8,15,18H,2-4,9-14H2,1H3,(H,22,23). The molecular weight excluding hydrogens is 288 g/mol. The van der Waals surface area contributed by atoms with Crippen molar-refractivity contribution in [3.8, 4) is 0 Å². The van der Waals surface area contributed by atoms with E-state index in [-0.39, 0.29) is 0 Å². The summed E-state index contributed by atoms with van der Waals surface area (Å²) in [4.78, 5) is 16.2. The molecule has 2 heterocycles. The van der Waals surface area contributed by atoms with E-state index in [4.69, 9.17) is 5.11 Å². The molecule has 2 fully saturated rings. The summed E-state index contributed by atoms with van der Waals surface area (Å²) in [6.07, 6.45) is 6.61. The predicted molar refractivity (Wildman–Crippen MR) is 93.2 cm³/mol. The summed E-state index contributed by atoms with van der Waals surface area (Å²) in [5.41, 5.74) is 2.10. The maximum Gasteiger partial charge on any atom is 0.310 e. The fourth-order valence-electron chi connectivity index (χ4n) is 3.89. The molecule has 3 rings (SSSR count). The zero-order valence-corrected chi connectivity index (χ0v) is 14.1. The van der Waals surface area contributed by atoms with Crippen molar-refractivity contribution in [2.45, 2.75) is 51.0 Å². The highest BCUT2D eigenvalue weighted by molar-refractivity contribution is 5.75. The molecule has 1 atom stereocenters. The van der Waals surface area contributed by atoms with Crippen molar-refractivity contribution in [2.75, 3.05) is 31.1 Å². The Labute approximate surface area is 139 Å². The lowest BCUT2D eigenvalue weighted by Gasteiger charge is -2.41. The highest BCUT2D eigenvalue weighted by Gasteiger charge is 2.25. The molecule has 0 spiro atoms. The molecule has 2 saturated heterocycles. The Morgan fingerprint density at radius 1 is 1.04 bits per heavy atom. The van der Waals surface area contributed by atoms with E-state index in [9.17, 15) is 4.79 Å². The zero-order chi connectivity index (χ0) is 16.2. The monoisotopic (exact) mass is 316 g/mol. The normalized spacial score (nSPS) is 22.0. The van der Waals surface area contributed by atoms with Crippen LogP contribution in [0.15, 0.2) is 24.3 Å². The number of nitrogens with zero attached hydrogens (tertiary/aromatic N) is 2. The molecule has 0 aliphatic carbocycles. The number of carboxylic acids is 1. The number of hydrogen-bond acceptors (Lipinski definition) is 3. The molecule has 23 heavy (non-hydrogen) atoms. The van der Waals surface area contributed by atoms with Crippen LogP contribution in [0.1, 0.15) is 50.5 Å². The van der Waals surface area contributed by atoms with Gasteiger partial charge in [-0.15, -0.1) is 0 Å². The van der Waals surface area contributed by atoms with Crippen molar-refractivity contribution >= 4 is 11.7 Å². The molecule has 2 aliphatic heterocycles. The predicted octanol–water partition coefficient (Wildman–Crippen LogP) is 3.33. The van der Waals surface area contributed by atoms with Gasteiger partial charge in [0.15, 0.2) is 0 Å². The van der Waals surface area contributed by atoms with Gasteiger partial charge in [-0.2, -0.15) is 0 Å². The summed E-state index contributed by atoms with van der Waals surface area (Å²) in [5.74, 6) is -1.20. The summed E-state index contributed by atoms with van der Waals surface area (Å²) in [7, 11) is 0. The third-order valence-corrected chi connectivity index (χ3v) is 5.50. The second-order valence-electron chi connectivity index (χ2n) is 6.97. The van der Waals surface area contributed by atoms with Crippen LogP contribution < -0.4 is 4.90 Å². The fraction of sp³-hybridized carbons (Fsp3) is 0.632. The molecule has 1 aromatic carbocycles. The molecule has 0 amide bonds. The highest BCUT2D eigenvalue weighted by atomic mass is 16.4. The number of benzene rings is 1. The molecule has 0 saturated carbocycles. The number of rotatable bonds is 4. The minimum Gasteiger partial charge on any atom is -0.481 e. The Bertz CT molecular complexity index is 515. The van der Waals surface area contributed by atoms with Crippen molar-refractivity contribution in [3.63, 3.8) is 0 Å². The second-order valence-corrected chi connectivity index (χ2v) is 6.97. The van der Waals surface area contributed by atoms with E-state index in [1.165, 1.54) is 50.9 Å². The number of anilines is 1. The first-order valence-electron chi connectivity index (χ1n) is 8.97. The topological polar surface area (TPSA) is 43.8 Å². The molecule has 1 aromatic rings. The first-order valence-corrected chi connectivity index (χ1v) is 8.97. The lowest BCUT2D eigenvalue weighted by Crippen LogP contribution is -2.46. The molecule has 0 aromatic heterocycles. The maximum absolute atomic E-state index is 11.1. The molecule has 2 aliphatic rings. The van der Waals surface area contributed by atoms with E-state index >= 15 is 0 Å². The lowest BCUT2D eigenvalue weighted by atomic mass is 9.98. The van der Waals surface area contributed by atoms with Crippen molar-refractivity contribution < 1.29 is 9.90 Å². The van der Waals surface area contributed by atoms with Gasteiger partial charge in [0, 0.05) is 24.8 Å². The van der Waals surface area contributed by atoms with Gasteiger partial charge in [-0.05, 0) is 63.4 Å². The van der Waals surface area contributed by atoms with Gasteiger partial charge in [0.25, 0.3) is 0 Å². The zero-order valence-electron chi connectivity index (χ0n) is 14.1. The molecule has 1 N–H and O–H groups in total. The van der Waals surface area contributed by atoms with Crippen molar-refractivity contribution in [2.24, 2.45) is 0 Å². The smallest absolute Gasteiger partial charge is 0.310 e. The lowest BCUT2D eigenvalue weighted by molar-refractivity contribution is -0.138. The number of aliphatic carboxylic acids is 1. The van der Waals surface area contributed by atoms with E-state index in [0.717, 1.165) is 24.7 Å². The third kappa shape index (κ3) is 3.86. The van der Waals surface area contributed by atoms with E-state index in [1.807, 2.05) is 12.1 Å². The van der Waals surface area contributed by atoms with Gasteiger partial charge in [0.2, 0.25) is 0 Å². The first kappa shape index (κ1) is 16.3. The average molecular weight is 316 g/mol. The number of likely N-dealkylation sites (tertiary alicyclic amines) is 1. The largest absolute Gasteiger partial charge is 0.481 e. The van der Waals surface area contributed by atoms with E-state index in [1.54, 1.807) is 6.92 Å². The average Bonchev–Trinajstić information content (AvgIpc) is 2.62. The van der Waals surface area contributed by atoms with E-state index in [0.29, 0.717) is 0 Å². The highest BCUT2D eigenvalue weighted by Crippen LogP contribution is 2.26. The van der Waals surface area contributed by atoms with Gasteiger partial charge < -0.3 is 14.9 Å². The van der Waals surface area contributed by atoms with Crippen LogP contribution in [-0.4, -0.2) is 48.2 Å². The maximum atomic E-state index is 11.1. The fourth-order valence-corrected chi connectivity index (χ4v) is 3.89.